The summed E-state index contributed by atoms with van der Waals surface area (Å²) in [6, 6.07) is 17.4. The van der Waals surface area contributed by atoms with Crippen molar-refractivity contribution in [3.05, 3.63) is 73.1 Å². The normalized spacial score (nSPS) is 14.2. The maximum atomic E-state index is 12.6. The Labute approximate surface area is 230 Å². The van der Waals surface area contributed by atoms with Gasteiger partial charge in [-0.3, -0.25) is 4.79 Å². The fraction of sp³-hybridized carbons (Fsp3) is 0.367. The van der Waals surface area contributed by atoms with Gasteiger partial charge in [0.15, 0.2) is 0 Å². The lowest BCUT2D eigenvalue weighted by Gasteiger charge is -2.31. The van der Waals surface area contributed by atoms with E-state index in [9.17, 15) is 4.79 Å². The number of hydrogen-bond donors (Lipinski definition) is 2. The number of ether oxygens (including phenoxy) is 2. The molecular weight excluding hydrogens is 492 g/mol. The van der Waals surface area contributed by atoms with Crippen LogP contribution in [0.15, 0.2) is 73.1 Å². The molecule has 2 aromatic carbocycles. The van der Waals surface area contributed by atoms with E-state index in [4.69, 9.17) is 15.2 Å². The molecular formula is C30H38N6O3. The Morgan fingerprint density at radius 2 is 1.82 bits per heavy atom. The van der Waals surface area contributed by atoms with E-state index in [1.165, 1.54) is 6.33 Å². The van der Waals surface area contributed by atoms with Crippen molar-refractivity contribution >= 4 is 17.5 Å². The Bertz CT molecular complexity index is 1210. The topological polar surface area (TPSA) is 106 Å². The summed E-state index contributed by atoms with van der Waals surface area (Å²) in [5, 5.41) is 3.49. The van der Waals surface area contributed by atoms with Crippen molar-refractivity contribution in [2.45, 2.75) is 12.8 Å². The summed E-state index contributed by atoms with van der Waals surface area (Å²) in [7, 11) is 3.70. The van der Waals surface area contributed by atoms with Crippen molar-refractivity contribution in [1.29, 1.82) is 0 Å². The van der Waals surface area contributed by atoms with E-state index in [0.717, 1.165) is 68.2 Å². The third-order valence-electron chi connectivity index (χ3n) is 6.84. The predicted molar refractivity (Wildman–Crippen MR) is 155 cm³/mol. The van der Waals surface area contributed by atoms with Crippen molar-refractivity contribution in [1.82, 2.24) is 19.8 Å². The van der Waals surface area contributed by atoms with Crippen LogP contribution in [0.3, 0.4) is 0 Å². The number of benzene rings is 2. The van der Waals surface area contributed by atoms with Crippen LogP contribution in [0.1, 0.15) is 12.8 Å². The number of amides is 1. The molecule has 0 bridgehead atoms. The van der Waals surface area contributed by atoms with Gasteiger partial charge in [-0.05, 0) is 55.6 Å². The first-order chi connectivity index (χ1) is 19.0. The number of nitrogens with zero attached hydrogens (tertiary/aromatic N) is 4. The van der Waals surface area contributed by atoms with Gasteiger partial charge in [0, 0.05) is 45.9 Å². The number of para-hydroxylation sites is 1. The molecule has 0 unspecified atom stereocenters. The maximum Gasteiger partial charge on any atom is 0.246 e. The summed E-state index contributed by atoms with van der Waals surface area (Å²) < 4.78 is 11.0. The van der Waals surface area contributed by atoms with Crippen LogP contribution in [-0.4, -0.2) is 79.2 Å². The van der Waals surface area contributed by atoms with Gasteiger partial charge >= 0.3 is 0 Å². The average molecular weight is 531 g/mol. The molecule has 1 saturated heterocycles. The first-order valence-corrected chi connectivity index (χ1v) is 13.3. The van der Waals surface area contributed by atoms with Crippen LogP contribution in [0.25, 0.3) is 11.1 Å². The fourth-order valence-corrected chi connectivity index (χ4v) is 4.51. The molecule has 3 N–H and O–H groups in total. The number of nitrogens with one attached hydrogen (secondary N) is 1. The molecule has 9 nitrogen and oxygen atoms in total. The molecule has 0 saturated carbocycles. The third-order valence-corrected chi connectivity index (χ3v) is 6.84. The second-order valence-electron chi connectivity index (χ2n) is 9.73. The molecule has 0 radical (unpaired) electrons. The Balaban J connectivity index is 1.29. The van der Waals surface area contributed by atoms with E-state index in [-0.39, 0.29) is 5.91 Å². The van der Waals surface area contributed by atoms with Crippen molar-refractivity contribution in [3.63, 3.8) is 0 Å². The van der Waals surface area contributed by atoms with Crippen LogP contribution in [0, 0.1) is 5.92 Å². The van der Waals surface area contributed by atoms with Crippen molar-refractivity contribution in [2.24, 2.45) is 5.92 Å². The minimum Gasteiger partial charge on any atom is -0.457 e. The number of rotatable bonds is 12. The van der Waals surface area contributed by atoms with Gasteiger partial charge in [-0.2, -0.15) is 0 Å². The number of likely N-dealkylation sites (N-methyl/N-ethyl adjacent to an activating group) is 1. The number of nitrogens with two attached hydrogens (primary N) is 1. The summed E-state index contributed by atoms with van der Waals surface area (Å²) in [6.45, 7) is 4.48. The molecule has 1 aliphatic rings. The molecule has 1 aliphatic heterocycles. The SMILES string of the molecule is COCCN(C)CC=CC(=O)N1CCC(CNc2ncnc(N)c2-c2ccc(Oc3ccccc3)cc2)CC1. The average Bonchev–Trinajstić information content (AvgIpc) is 2.96. The van der Waals surface area contributed by atoms with Gasteiger partial charge in [-0.1, -0.05) is 36.4 Å². The summed E-state index contributed by atoms with van der Waals surface area (Å²) in [5.74, 6) is 3.16. The zero-order valence-electron chi connectivity index (χ0n) is 22.8. The number of aromatic nitrogens is 2. The molecule has 0 atom stereocenters. The molecule has 1 aromatic heterocycles. The molecule has 4 rings (SSSR count). The minimum atomic E-state index is 0.0760. The van der Waals surface area contributed by atoms with Gasteiger partial charge in [-0.25, -0.2) is 9.97 Å². The van der Waals surface area contributed by atoms with E-state index in [0.29, 0.717) is 24.2 Å². The maximum absolute atomic E-state index is 12.6. The molecule has 206 valence electrons. The van der Waals surface area contributed by atoms with Gasteiger partial charge in [0.1, 0.15) is 29.5 Å². The monoisotopic (exact) mass is 530 g/mol. The number of carbonyl (C=O) groups is 1. The Morgan fingerprint density at radius 3 is 2.54 bits per heavy atom. The molecule has 0 spiro atoms. The first-order valence-electron chi connectivity index (χ1n) is 13.3. The molecule has 0 aliphatic carbocycles. The smallest absolute Gasteiger partial charge is 0.246 e. The van der Waals surface area contributed by atoms with E-state index in [1.807, 2.05) is 72.6 Å². The molecule has 39 heavy (non-hydrogen) atoms. The number of hydrogen-bond acceptors (Lipinski definition) is 8. The summed E-state index contributed by atoms with van der Waals surface area (Å²) >= 11 is 0. The van der Waals surface area contributed by atoms with E-state index < -0.39 is 0 Å². The van der Waals surface area contributed by atoms with E-state index in [1.54, 1.807) is 13.2 Å². The fourth-order valence-electron chi connectivity index (χ4n) is 4.51. The molecule has 1 amide bonds. The summed E-state index contributed by atoms with van der Waals surface area (Å²) in [6.07, 6.45) is 6.96. The Hall–Kier alpha value is -3.95. The van der Waals surface area contributed by atoms with Gasteiger partial charge in [0.05, 0.1) is 12.2 Å². The number of carbonyl (C=O) groups excluding carboxylic acids is 1. The summed E-state index contributed by atoms with van der Waals surface area (Å²) in [5.41, 5.74) is 7.96. The highest BCUT2D eigenvalue weighted by Gasteiger charge is 2.22. The van der Waals surface area contributed by atoms with Crippen molar-refractivity contribution < 1.29 is 14.3 Å². The number of methoxy groups -OCH3 is 1. The first kappa shape index (κ1) is 28.1. The van der Waals surface area contributed by atoms with Gasteiger partial charge in [0.25, 0.3) is 0 Å². The van der Waals surface area contributed by atoms with Crippen LogP contribution in [-0.2, 0) is 9.53 Å². The lowest BCUT2D eigenvalue weighted by molar-refractivity contribution is -0.127. The molecule has 1 fully saturated rings. The van der Waals surface area contributed by atoms with Crippen molar-refractivity contribution in [3.8, 4) is 22.6 Å². The Morgan fingerprint density at radius 1 is 1.10 bits per heavy atom. The second kappa shape index (κ2) is 14.3. The van der Waals surface area contributed by atoms with Crippen LogP contribution in [0.5, 0.6) is 11.5 Å². The van der Waals surface area contributed by atoms with Crippen LogP contribution in [0.2, 0.25) is 0 Å². The van der Waals surface area contributed by atoms with Crippen LogP contribution < -0.4 is 15.8 Å². The summed E-state index contributed by atoms with van der Waals surface area (Å²) in [4.78, 5) is 25.3. The zero-order valence-corrected chi connectivity index (χ0v) is 22.8. The van der Waals surface area contributed by atoms with Gasteiger partial charge in [-0.15, -0.1) is 0 Å². The third kappa shape index (κ3) is 8.27. The highest BCUT2D eigenvalue weighted by Crippen LogP contribution is 2.33. The Kier molecular flexibility index (Phi) is 10.3. The number of likely N-dealkylation sites (tertiary alicyclic amines) is 1. The van der Waals surface area contributed by atoms with Crippen LogP contribution >= 0.6 is 0 Å². The van der Waals surface area contributed by atoms with Crippen molar-refractivity contribution in [2.75, 3.05) is 64.5 Å². The molecule has 9 heteroatoms. The van der Waals surface area contributed by atoms with Gasteiger partial charge < -0.3 is 30.3 Å². The van der Waals surface area contributed by atoms with Gasteiger partial charge in [0.2, 0.25) is 5.91 Å². The quantitative estimate of drug-likeness (QED) is 0.334. The predicted octanol–water partition coefficient (Wildman–Crippen LogP) is 4.30. The largest absolute Gasteiger partial charge is 0.457 e. The lowest BCUT2D eigenvalue weighted by atomic mass is 9.96. The highest BCUT2D eigenvalue weighted by atomic mass is 16.5. The minimum absolute atomic E-state index is 0.0760. The highest BCUT2D eigenvalue weighted by molar-refractivity contribution is 5.87. The lowest BCUT2D eigenvalue weighted by Crippen LogP contribution is -2.39. The number of piperidine rings is 1. The number of anilines is 2. The van der Waals surface area contributed by atoms with Crippen LogP contribution in [0.4, 0.5) is 11.6 Å². The van der Waals surface area contributed by atoms with E-state index in [2.05, 4.69) is 20.2 Å². The molecule has 3 aromatic rings. The number of nitrogen functional groups attached to an aromatic ring is 1. The second-order valence-corrected chi connectivity index (χ2v) is 9.73. The van der Waals surface area contributed by atoms with E-state index >= 15 is 0 Å². The standard InChI is InChI=1S/C30H38N6O3/c1-35(19-20-38-2)16-6-9-27(37)36-17-14-23(15-18-36)21-32-30-28(29(31)33-22-34-30)24-10-12-26(13-11-24)39-25-7-4-3-5-8-25/h3-13,22-23H,14-21H2,1-2H3,(H3,31,32,33,34). The molecule has 2 heterocycles. The zero-order chi connectivity index (χ0) is 27.5.